The fraction of sp³-hybridized carbons (Fsp3) is 0.300. The summed E-state index contributed by atoms with van der Waals surface area (Å²) in [4.78, 5) is 25.7. The summed E-state index contributed by atoms with van der Waals surface area (Å²) in [5.74, 6) is 0.874. The van der Waals surface area contributed by atoms with Gasteiger partial charge < -0.3 is 5.32 Å². The molecule has 0 unspecified atom stereocenters. The molecule has 2 aromatic carbocycles. The van der Waals surface area contributed by atoms with E-state index in [1.54, 1.807) is 23.9 Å². The molecule has 2 aromatic rings. The van der Waals surface area contributed by atoms with Crippen molar-refractivity contribution in [2.24, 2.45) is 0 Å². The molecular formula is C20H23NO2S2. The fourth-order valence-electron chi connectivity index (χ4n) is 2.34. The Balaban J connectivity index is 2.04. The summed E-state index contributed by atoms with van der Waals surface area (Å²) in [6, 6.07) is 13.8. The maximum atomic E-state index is 12.5. The van der Waals surface area contributed by atoms with Crippen molar-refractivity contribution in [2.75, 3.05) is 17.3 Å². The summed E-state index contributed by atoms with van der Waals surface area (Å²) < 4.78 is 0. The van der Waals surface area contributed by atoms with Gasteiger partial charge in [0.2, 0.25) is 5.91 Å². The van der Waals surface area contributed by atoms with Crippen LogP contribution < -0.4 is 5.32 Å². The first-order chi connectivity index (χ1) is 11.9. The summed E-state index contributed by atoms with van der Waals surface area (Å²) in [6.45, 7) is 5.81. The molecule has 0 aliphatic carbocycles. The van der Waals surface area contributed by atoms with Crippen molar-refractivity contribution >= 4 is 40.9 Å². The molecule has 0 fully saturated rings. The average Bonchev–Trinajstić information content (AvgIpc) is 2.59. The smallest absolute Gasteiger partial charge is 0.221 e. The predicted molar refractivity (Wildman–Crippen MR) is 108 cm³/mol. The quantitative estimate of drug-likeness (QED) is 0.517. The molecule has 2 rings (SSSR count). The third-order valence-electron chi connectivity index (χ3n) is 3.75. The minimum absolute atomic E-state index is 0.0858. The van der Waals surface area contributed by atoms with Crippen LogP contribution in [0.4, 0.5) is 5.69 Å². The van der Waals surface area contributed by atoms with Crippen molar-refractivity contribution < 1.29 is 9.59 Å². The Morgan fingerprint density at radius 1 is 1.08 bits per heavy atom. The second-order valence-electron chi connectivity index (χ2n) is 6.03. The first-order valence-corrected chi connectivity index (χ1v) is 10.3. The predicted octanol–water partition coefficient (Wildman–Crippen LogP) is 5.47. The van der Waals surface area contributed by atoms with E-state index < -0.39 is 0 Å². The van der Waals surface area contributed by atoms with Gasteiger partial charge in [0.15, 0.2) is 5.78 Å². The van der Waals surface area contributed by atoms with E-state index in [1.165, 1.54) is 24.2 Å². The van der Waals surface area contributed by atoms with E-state index >= 15 is 0 Å². The third kappa shape index (κ3) is 5.65. The van der Waals surface area contributed by atoms with Crippen molar-refractivity contribution in [2.45, 2.75) is 36.5 Å². The van der Waals surface area contributed by atoms with Gasteiger partial charge in [-0.2, -0.15) is 0 Å². The molecule has 0 radical (unpaired) electrons. The van der Waals surface area contributed by atoms with Crippen LogP contribution in [0, 0.1) is 0 Å². The number of anilines is 1. The lowest BCUT2D eigenvalue weighted by Gasteiger charge is -2.10. The summed E-state index contributed by atoms with van der Waals surface area (Å²) >= 11 is 3.06. The topological polar surface area (TPSA) is 46.2 Å². The van der Waals surface area contributed by atoms with Crippen LogP contribution in [-0.2, 0) is 4.79 Å². The molecule has 0 atom stereocenters. The van der Waals surface area contributed by atoms with Crippen molar-refractivity contribution in [3.63, 3.8) is 0 Å². The van der Waals surface area contributed by atoms with Crippen molar-refractivity contribution in [1.29, 1.82) is 0 Å². The van der Waals surface area contributed by atoms with Crippen LogP contribution in [0.2, 0.25) is 0 Å². The number of rotatable bonds is 7. The van der Waals surface area contributed by atoms with E-state index in [9.17, 15) is 9.59 Å². The van der Waals surface area contributed by atoms with E-state index in [4.69, 9.17) is 0 Å². The molecular weight excluding hydrogens is 350 g/mol. The lowest BCUT2D eigenvalue weighted by Crippen LogP contribution is -2.08. The first kappa shape index (κ1) is 19.6. The van der Waals surface area contributed by atoms with E-state index in [0.29, 0.717) is 17.2 Å². The van der Waals surface area contributed by atoms with Gasteiger partial charge in [0, 0.05) is 22.3 Å². The molecule has 132 valence electrons. The second kappa shape index (κ2) is 9.11. The molecule has 0 heterocycles. The summed E-state index contributed by atoms with van der Waals surface area (Å²) in [6.07, 6.45) is 1.93. The van der Waals surface area contributed by atoms with Gasteiger partial charge in [-0.1, -0.05) is 26.0 Å². The van der Waals surface area contributed by atoms with E-state index in [2.05, 4.69) is 43.4 Å². The Kier molecular flexibility index (Phi) is 7.14. The minimum Gasteiger partial charge on any atom is -0.325 e. The lowest BCUT2D eigenvalue weighted by atomic mass is 10.0. The number of carbonyl (C=O) groups is 2. The van der Waals surface area contributed by atoms with E-state index in [0.717, 1.165) is 15.5 Å². The molecule has 5 heteroatoms. The Labute approximate surface area is 158 Å². The van der Waals surface area contributed by atoms with Crippen LogP contribution in [0.5, 0.6) is 0 Å². The van der Waals surface area contributed by atoms with E-state index in [1.807, 2.05) is 12.3 Å². The molecule has 0 aliphatic rings. The Morgan fingerprint density at radius 3 is 2.32 bits per heavy atom. The van der Waals surface area contributed by atoms with Gasteiger partial charge in [-0.3, -0.25) is 9.59 Å². The molecule has 0 bridgehead atoms. The van der Waals surface area contributed by atoms with Crippen molar-refractivity contribution in [1.82, 2.24) is 0 Å². The van der Waals surface area contributed by atoms with Gasteiger partial charge in [-0.15, -0.1) is 23.5 Å². The lowest BCUT2D eigenvalue weighted by molar-refractivity contribution is -0.114. The maximum Gasteiger partial charge on any atom is 0.221 e. The monoisotopic (exact) mass is 373 g/mol. The zero-order chi connectivity index (χ0) is 18.4. The van der Waals surface area contributed by atoms with Gasteiger partial charge in [0.1, 0.15) is 0 Å². The number of nitrogens with one attached hydrogen (secondary N) is 1. The van der Waals surface area contributed by atoms with Gasteiger partial charge in [-0.05, 0) is 48.1 Å². The molecule has 3 nitrogen and oxygen atoms in total. The SMILES string of the molecule is CSc1cc(C(=O)CSc2ccc(C(C)C)cc2)ccc1NC(C)=O. The van der Waals surface area contributed by atoms with Crippen molar-refractivity contribution in [3.05, 3.63) is 53.6 Å². The highest BCUT2D eigenvalue weighted by molar-refractivity contribution is 8.00. The standard InChI is InChI=1S/C20H23NO2S2/c1-13(2)15-5-8-17(9-6-15)25-12-19(23)16-7-10-18(21-14(3)22)20(11-16)24-4/h5-11,13H,12H2,1-4H3,(H,21,22). The molecule has 0 spiro atoms. The summed E-state index contributed by atoms with van der Waals surface area (Å²) in [5, 5.41) is 2.79. The first-order valence-electron chi connectivity index (χ1n) is 8.12. The normalized spacial score (nSPS) is 10.8. The molecule has 0 saturated heterocycles. The molecule has 0 saturated carbocycles. The van der Waals surface area contributed by atoms with Crippen LogP contribution in [-0.4, -0.2) is 23.7 Å². The maximum absolute atomic E-state index is 12.5. The van der Waals surface area contributed by atoms with E-state index in [-0.39, 0.29) is 11.7 Å². The highest BCUT2D eigenvalue weighted by Crippen LogP contribution is 2.28. The number of ketones is 1. The molecule has 0 aliphatic heterocycles. The molecule has 1 N–H and O–H groups in total. The number of amides is 1. The highest BCUT2D eigenvalue weighted by Gasteiger charge is 2.11. The number of benzene rings is 2. The van der Waals surface area contributed by atoms with Gasteiger partial charge in [-0.25, -0.2) is 0 Å². The number of carbonyl (C=O) groups excluding carboxylic acids is 2. The summed E-state index contributed by atoms with van der Waals surface area (Å²) in [5.41, 5.74) is 2.71. The molecule has 25 heavy (non-hydrogen) atoms. The Morgan fingerprint density at radius 2 is 1.76 bits per heavy atom. The minimum atomic E-state index is -0.116. The summed E-state index contributed by atoms with van der Waals surface area (Å²) in [7, 11) is 0. The number of hydrogen-bond donors (Lipinski definition) is 1. The number of hydrogen-bond acceptors (Lipinski definition) is 4. The second-order valence-corrected chi connectivity index (χ2v) is 7.93. The van der Waals surface area contributed by atoms with Crippen LogP contribution in [0.3, 0.4) is 0 Å². The Bertz CT molecular complexity index is 755. The average molecular weight is 374 g/mol. The highest BCUT2D eigenvalue weighted by atomic mass is 32.2. The third-order valence-corrected chi connectivity index (χ3v) is 5.54. The fourth-order valence-corrected chi connectivity index (χ4v) is 3.72. The molecule has 1 amide bonds. The Hall–Kier alpha value is -1.72. The zero-order valence-corrected chi connectivity index (χ0v) is 16.6. The van der Waals surface area contributed by atoms with Gasteiger partial charge in [0.25, 0.3) is 0 Å². The van der Waals surface area contributed by atoms with Crippen LogP contribution in [0.15, 0.2) is 52.3 Å². The van der Waals surface area contributed by atoms with Crippen LogP contribution in [0.25, 0.3) is 0 Å². The largest absolute Gasteiger partial charge is 0.325 e. The van der Waals surface area contributed by atoms with Crippen LogP contribution in [0.1, 0.15) is 42.6 Å². The molecule has 0 aromatic heterocycles. The zero-order valence-electron chi connectivity index (χ0n) is 15.0. The van der Waals surface area contributed by atoms with Gasteiger partial charge >= 0.3 is 0 Å². The van der Waals surface area contributed by atoms with Crippen molar-refractivity contribution in [3.8, 4) is 0 Å². The number of thioether (sulfide) groups is 2. The number of Topliss-reactive ketones (excluding diaryl/α,β-unsaturated/α-hetero) is 1. The van der Waals surface area contributed by atoms with Gasteiger partial charge in [0.05, 0.1) is 11.4 Å². The van der Waals surface area contributed by atoms with Crippen LogP contribution >= 0.6 is 23.5 Å².